The standard InChI is InChI=1S/C14H26N2O/c1-11-5-7-12(8-6-11)14(17)16-10-13-4-2-3-9-15-13/h11-13,15H,2-10H2,1H3,(H,16,17). The summed E-state index contributed by atoms with van der Waals surface area (Å²) in [6, 6.07) is 0.509. The Morgan fingerprint density at radius 1 is 1.18 bits per heavy atom. The zero-order valence-corrected chi connectivity index (χ0v) is 11.0. The van der Waals surface area contributed by atoms with Gasteiger partial charge in [-0.2, -0.15) is 0 Å². The van der Waals surface area contributed by atoms with E-state index in [1.54, 1.807) is 0 Å². The highest BCUT2D eigenvalue weighted by molar-refractivity contribution is 5.78. The van der Waals surface area contributed by atoms with Gasteiger partial charge in [0.05, 0.1) is 0 Å². The number of nitrogens with one attached hydrogen (secondary N) is 2. The van der Waals surface area contributed by atoms with Crippen molar-refractivity contribution in [2.45, 2.75) is 57.9 Å². The zero-order chi connectivity index (χ0) is 12.1. The lowest BCUT2D eigenvalue weighted by Gasteiger charge is -2.27. The first kappa shape index (κ1) is 12.9. The largest absolute Gasteiger partial charge is 0.354 e. The number of carbonyl (C=O) groups is 1. The Hall–Kier alpha value is -0.570. The van der Waals surface area contributed by atoms with Crippen molar-refractivity contribution in [2.24, 2.45) is 11.8 Å². The highest BCUT2D eigenvalue weighted by Crippen LogP contribution is 2.28. The summed E-state index contributed by atoms with van der Waals surface area (Å²) in [5, 5.41) is 6.61. The summed E-state index contributed by atoms with van der Waals surface area (Å²) < 4.78 is 0. The topological polar surface area (TPSA) is 41.1 Å². The Balaban J connectivity index is 1.66. The normalized spacial score (nSPS) is 34.3. The van der Waals surface area contributed by atoms with Crippen molar-refractivity contribution in [3.63, 3.8) is 0 Å². The van der Waals surface area contributed by atoms with Crippen molar-refractivity contribution in [1.82, 2.24) is 10.6 Å². The summed E-state index contributed by atoms with van der Waals surface area (Å²) >= 11 is 0. The smallest absolute Gasteiger partial charge is 0.223 e. The Morgan fingerprint density at radius 2 is 1.94 bits per heavy atom. The maximum atomic E-state index is 12.0. The summed E-state index contributed by atoms with van der Waals surface area (Å²) in [4.78, 5) is 12.0. The number of hydrogen-bond donors (Lipinski definition) is 2. The van der Waals surface area contributed by atoms with Crippen LogP contribution >= 0.6 is 0 Å². The Kier molecular flexibility index (Phi) is 4.84. The molecule has 0 radical (unpaired) electrons. The molecule has 2 N–H and O–H groups in total. The Bertz CT molecular complexity index is 241. The fourth-order valence-corrected chi connectivity index (χ4v) is 2.99. The second kappa shape index (κ2) is 6.39. The third-order valence-electron chi connectivity index (χ3n) is 4.32. The minimum absolute atomic E-state index is 0.287. The average molecular weight is 238 g/mol. The van der Waals surface area contributed by atoms with Crippen molar-refractivity contribution < 1.29 is 4.79 Å². The van der Waals surface area contributed by atoms with Crippen molar-refractivity contribution in [3.8, 4) is 0 Å². The molecule has 17 heavy (non-hydrogen) atoms. The van der Waals surface area contributed by atoms with Crippen molar-refractivity contribution in [2.75, 3.05) is 13.1 Å². The average Bonchev–Trinajstić information content (AvgIpc) is 2.38. The van der Waals surface area contributed by atoms with Crippen molar-refractivity contribution in [3.05, 3.63) is 0 Å². The van der Waals surface area contributed by atoms with E-state index >= 15 is 0 Å². The summed E-state index contributed by atoms with van der Waals surface area (Å²) in [6.07, 6.45) is 8.41. The molecular weight excluding hydrogens is 212 g/mol. The number of hydrogen-bond acceptors (Lipinski definition) is 2. The van der Waals surface area contributed by atoms with Gasteiger partial charge in [-0.1, -0.05) is 13.3 Å². The van der Waals surface area contributed by atoms with E-state index in [1.807, 2.05) is 0 Å². The SMILES string of the molecule is CC1CCC(C(=O)NCC2CCCCN2)CC1. The third-order valence-corrected chi connectivity index (χ3v) is 4.32. The molecular formula is C14H26N2O. The molecule has 0 bridgehead atoms. The highest BCUT2D eigenvalue weighted by Gasteiger charge is 2.24. The quantitative estimate of drug-likeness (QED) is 0.790. The van der Waals surface area contributed by atoms with E-state index in [4.69, 9.17) is 0 Å². The van der Waals surface area contributed by atoms with E-state index in [9.17, 15) is 4.79 Å². The summed E-state index contributed by atoms with van der Waals surface area (Å²) in [5.41, 5.74) is 0. The molecule has 1 atom stereocenters. The van der Waals surface area contributed by atoms with Crippen LogP contribution in [0.3, 0.4) is 0 Å². The lowest BCUT2D eigenvalue weighted by molar-refractivity contribution is -0.126. The molecule has 1 saturated heterocycles. The highest BCUT2D eigenvalue weighted by atomic mass is 16.1. The van der Waals surface area contributed by atoms with Crippen LogP contribution in [0.5, 0.6) is 0 Å². The molecule has 1 unspecified atom stereocenters. The van der Waals surface area contributed by atoms with Gasteiger partial charge in [-0.05, 0) is 51.0 Å². The van der Waals surface area contributed by atoms with Crippen molar-refractivity contribution in [1.29, 1.82) is 0 Å². The molecule has 0 spiro atoms. The molecule has 1 heterocycles. The fourth-order valence-electron chi connectivity index (χ4n) is 2.99. The van der Waals surface area contributed by atoms with Crippen LogP contribution in [-0.2, 0) is 4.79 Å². The first-order chi connectivity index (χ1) is 8.25. The van der Waals surface area contributed by atoms with Gasteiger partial charge in [-0.3, -0.25) is 4.79 Å². The van der Waals surface area contributed by atoms with Gasteiger partial charge in [0, 0.05) is 18.5 Å². The van der Waals surface area contributed by atoms with E-state index in [-0.39, 0.29) is 5.92 Å². The van der Waals surface area contributed by atoms with Crippen LogP contribution in [0.15, 0.2) is 0 Å². The Morgan fingerprint density at radius 3 is 2.59 bits per heavy atom. The molecule has 0 aromatic heterocycles. The van der Waals surface area contributed by atoms with Gasteiger partial charge >= 0.3 is 0 Å². The summed E-state index contributed by atoms with van der Waals surface area (Å²) in [7, 11) is 0. The number of carbonyl (C=O) groups excluding carboxylic acids is 1. The molecule has 3 nitrogen and oxygen atoms in total. The lowest BCUT2D eigenvalue weighted by Crippen LogP contribution is -2.45. The maximum Gasteiger partial charge on any atom is 0.223 e. The second-order valence-electron chi connectivity index (χ2n) is 5.85. The summed E-state index contributed by atoms with van der Waals surface area (Å²) in [5.74, 6) is 1.40. The van der Waals surface area contributed by atoms with E-state index in [2.05, 4.69) is 17.6 Å². The van der Waals surface area contributed by atoms with Crippen LogP contribution < -0.4 is 10.6 Å². The van der Waals surface area contributed by atoms with Gasteiger partial charge in [-0.15, -0.1) is 0 Å². The predicted molar refractivity (Wildman–Crippen MR) is 69.8 cm³/mol. The molecule has 2 fully saturated rings. The number of amides is 1. The molecule has 3 heteroatoms. The Labute approximate surface area is 105 Å². The van der Waals surface area contributed by atoms with E-state index in [0.29, 0.717) is 11.9 Å². The van der Waals surface area contributed by atoms with Gasteiger partial charge < -0.3 is 10.6 Å². The molecule has 0 aromatic rings. The van der Waals surface area contributed by atoms with Gasteiger partial charge in [0.1, 0.15) is 0 Å². The second-order valence-corrected chi connectivity index (χ2v) is 5.85. The van der Waals surface area contributed by atoms with E-state index < -0.39 is 0 Å². The van der Waals surface area contributed by atoms with Gasteiger partial charge in [0.25, 0.3) is 0 Å². The molecule has 98 valence electrons. The van der Waals surface area contributed by atoms with E-state index in [1.165, 1.54) is 32.1 Å². The molecule has 2 aliphatic rings. The predicted octanol–water partition coefficient (Wildman–Crippen LogP) is 2.07. The van der Waals surface area contributed by atoms with Gasteiger partial charge in [0.2, 0.25) is 5.91 Å². The fraction of sp³-hybridized carbons (Fsp3) is 0.929. The van der Waals surface area contributed by atoms with Crippen LogP contribution in [-0.4, -0.2) is 25.0 Å². The van der Waals surface area contributed by atoms with Crippen LogP contribution in [0.4, 0.5) is 0 Å². The minimum atomic E-state index is 0.287. The molecule has 1 saturated carbocycles. The first-order valence-corrected chi connectivity index (χ1v) is 7.27. The number of piperidine rings is 1. The number of rotatable bonds is 3. The van der Waals surface area contributed by atoms with Gasteiger partial charge in [0.15, 0.2) is 0 Å². The first-order valence-electron chi connectivity index (χ1n) is 7.27. The van der Waals surface area contributed by atoms with Gasteiger partial charge in [-0.25, -0.2) is 0 Å². The maximum absolute atomic E-state index is 12.0. The molecule has 0 aromatic carbocycles. The minimum Gasteiger partial charge on any atom is -0.354 e. The molecule has 1 aliphatic carbocycles. The molecule has 1 aliphatic heterocycles. The van der Waals surface area contributed by atoms with Crippen LogP contribution in [0, 0.1) is 11.8 Å². The summed E-state index contributed by atoms with van der Waals surface area (Å²) in [6.45, 7) is 4.23. The van der Waals surface area contributed by atoms with Crippen LogP contribution in [0.1, 0.15) is 51.9 Å². The van der Waals surface area contributed by atoms with E-state index in [0.717, 1.165) is 31.8 Å². The monoisotopic (exact) mass is 238 g/mol. The molecule has 1 amide bonds. The lowest BCUT2D eigenvalue weighted by atomic mass is 9.82. The third kappa shape index (κ3) is 3.98. The zero-order valence-electron chi connectivity index (χ0n) is 11.0. The van der Waals surface area contributed by atoms with Crippen LogP contribution in [0.25, 0.3) is 0 Å². The molecule has 2 rings (SSSR count). The van der Waals surface area contributed by atoms with Crippen LogP contribution in [0.2, 0.25) is 0 Å². The van der Waals surface area contributed by atoms with Crippen molar-refractivity contribution >= 4 is 5.91 Å².